The van der Waals surface area contributed by atoms with Crippen molar-refractivity contribution in [1.29, 1.82) is 0 Å². The lowest BCUT2D eigenvalue weighted by molar-refractivity contribution is 0.0696. The van der Waals surface area contributed by atoms with Crippen LogP contribution in [0, 0.1) is 20.8 Å². The molecule has 0 saturated heterocycles. The first kappa shape index (κ1) is 48.8. The molecule has 71 heavy (non-hydrogen) atoms. The first-order chi connectivity index (χ1) is 33.4. The van der Waals surface area contributed by atoms with Crippen LogP contribution in [-0.4, -0.2) is 75.2 Å². The number of rotatable bonds is 13. The van der Waals surface area contributed by atoms with Crippen molar-refractivity contribution < 1.29 is 59.0 Å². The lowest BCUT2D eigenvalue weighted by atomic mass is 10.1. The van der Waals surface area contributed by atoms with Gasteiger partial charge in [-0.1, -0.05) is 0 Å². The Labute approximate surface area is 401 Å². The number of hydrogen-bond acceptors (Lipinski definition) is 19. The number of hydrogen-bond donors (Lipinski definition) is 6. The van der Waals surface area contributed by atoms with E-state index >= 15 is 0 Å². The van der Waals surface area contributed by atoms with Crippen LogP contribution in [0.3, 0.4) is 0 Å². The molecule has 360 valence electrons. The highest BCUT2D eigenvalue weighted by Gasteiger charge is 2.24. The predicted molar refractivity (Wildman–Crippen MR) is 253 cm³/mol. The van der Waals surface area contributed by atoms with E-state index in [1.807, 2.05) is 0 Å². The molecule has 0 bridgehead atoms. The molecule has 8 rings (SSSR count). The van der Waals surface area contributed by atoms with E-state index in [9.17, 15) is 59.0 Å². The maximum absolute atomic E-state index is 12.5. The Morgan fingerprint density at radius 2 is 1.04 bits per heavy atom. The molecule has 0 unspecified atom stereocenters. The van der Waals surface area contributed by atoms with Gasteiger partial charge in [-0.2, -0.15) is 55.9 Å². The van der Waals surface area contributed by atoms with Crippen molar-refractivity contribution in [3.63, 3.8) is 0 Å². The number of aromatic nitrogens is 3. The summed E-state index contributed by atoms with van der Waals surface area (Å²) in [6, 6.07) is 24.0. The number of azo groups is 4. The van der Waals surface area contributed by atoms with E-state index in [0.717, 1.165) is 41.2 Å². The van der Waals surface area contributed by atoms with E-state index in [1.165, 1.54) is 48.5 Å². The Balaban J connectivity index is 1.02. The van der Waals surface area contributed by atoms with Gasteiger partial charge in [-0.15, -0.1) is 25.2 Å². The zero-order valence-electron chi connectivity index (χ0n) is 36.6. The van der Waals surface area contributed by atoms with Gasteiger partial charge in [0.2, 0.25) is 0 Å². The topological polar surface area (TPSA) is 370 Å². The fraction of sp³-hybridized carbons (Fsp3) is 0.0682. The summed E-state index contributed by atoms with van der Waals surface area (Å²) in [6.07, 6.45) is 0. The molecule has 27 heteroatoms. The van der Waals surface area contributed by atoms with Crippen molar-refractivity contribution in [3.05, 3.63) is 131 Å². The summed E-state index contributed by atoms with van der Waals surface area (Å²) in [7, 11) is -14.7. The summed E-state index contributed by atoms with van der Waals surface area (Å²) < 4.78 is 103. The van der Waals surface area contributed by atoms with E-state index in [-0.39, 0.29) is 50.3 Å². The first-order valence-electron chi connectivity index (χ1n) is 20.1. The average molecular weight is 1020 g/mol. The number of phenolic OH excluding ortho intramolecular Hbond substituents is 2. The number of nitrogens with zero attached hydrogens (tertiary/aromatic N) is 11. The zero-order valence-corrected chi connectivity index (χ0v) is 39.0. The number of benzene rings is 7. The minimum Gasteiger partial charge on any atom is -0.508 e. The molecule has 7 aromatic carbocycles. The van der Waals surface area contributed by atoms with Crippen molar-refractivity contribution in [2.75, 3.05) is 0 Å². The van der Waals surface area contributed by atoms with Crippen LogP contribution in [0.15, 0.2) is 165 Å². The van der Waals surface area contributed by atoms with E-state index in [4.69, 9.17) is 0 Å². The van der Waals surface area contributed by atoms with Gasteiger partial charge in [0.15, 0.2) is 5.75 Å². The van der Waals surface area contributed by atoms with Gasteiger partial charge < -0.3 is 15.3 Å². The monoisotopic (exact) mass is 1020 g/mol. The Kier molecular flexibility index (Phi) is 12.9. The van der Waals surface area contributed by atoms with Gasteiger partial charge >= 0.3 is 5.97 Å². The lowest BCUT2D eigenvalue weighted by Gasteiger charge is -2.10. The SMILES string of the molecule is Cc1cc(/N=N\c2c(S(=O)(=O)O)cc3cc(/N=N\c4ccc(O)cc4)ccc3c2O)c(C)cc1/N=N\c1ccc(/N=N\c2cc3nn(-c4cc(S(=O)(=O)O)ccc4C(=O)O)nc3cc2S(=O)(=O)O)c(C)c1. The van der Waals surface area contributed by atoms with Crippen molar-refractivity contribution in [3.8, 4) is 17.2 Å². The molecule has 6 N–H and O–H groups in total. The van der Waals surface area contributed by atoms with Gasteiger partial charge in [0, 0.05) is 5.39 Å². The third kappa shape index (κ3) is 10.7. The molecular formula is C44H33N11O13S3. The van der Waals surface area contributed by atoms with E-state index < -0.39 is 68.0 Å². The van der Waals surface area contributed by atoms with Crippen LogP contribution in [0.5, 0.6) is 11.5 Å². The number of fused-ring (bicyclic) bond motifs is 2. The maximum atomic E-state index is 12.5. The highest BCUT2D eigenvalue weighted by atomic mass is 32.2. The number of aromatic hydroxyl groups is 2. The van der Waals surface area contributed by atoms with E-state index in [1.54, 1.807) is 45.0 Å². The third-order valence-electron chi connectivity index (χ3n) is 10.4. The second kappa shape index (κ2) is 18.7. The van der Waals surface area contributed by atoms with Crippen LogP contribution < -0.4 is 0 Å². The molecule has 1 aromatic heterocycles. The molecule has 8 aromatic rings. The number of phenols is 2. The highest BCUT2D eigenvalue weighted by Crippen LogP contribution is 2.43. The molecule has 0 aliphatic rings. The molecule has 0 amide bonds. The number of aromatic carboxylic acids is 1. The minimum absolute atomic E-state index is 0.0481. The van der Waals surface area contributed by atoms with Gasteiger partial charge in [-0.3, -0.25) is 13.7 Å². The third-order valence-corrected chi connectivity index (χ3v) is 13.0. The first-order valence-corrected chi connectivity index (χ1v) is 24.4. The predicted octanol–water partition coefficient (Wildman–Crippen LogP) is 11.0. The molecule has 0 atom stereocenters. The van der Waals surface area contributed by atoms with Gasteiger partial charge in [-0.25, -0.2) is 4.79 Å². The number of carboxylic acid groups (broad SMARTS) is 1. The molecule has 0 radical (unpaired) electrons. The minimum atomic E-state index is -4.96. The van der Waals surface area contributed by atoms with Crippen molar-refractivity contribution in [2.24, 2.45) is 40.9 Å². The molecule has 0 spiro atoms. The molecule has 0 aliphatic carbocycles. The van der Waals surface area contributed by atoms with Crippen LogP contribution in [0.4, 0.5) is 45.5 Å². The molecule has 1 heterocycles. The quantitative estimate of drug-likeness (QED) is 0.0462. The molecular weight excluding hydrogens is 987 g/mol. The molecule has 0 aliphatic heterocycles. The molecule has 0 fully saturated rings. The Morgan fingerprint density at radius 3 is 1.66 bits per heavy atom. The van der Waals surface area contributed by atoms with Crippen LogP contribution in [-0.2, 0) is 30.4 Å². The fourth-order valence-corrected chi connectivity index (χ4v) is 8.59. The van der Waals surface area contributed by atoms with Crippen molar-refractivity contribution >= 4 is 104 Å². The Hall–Kier alpha value is -8.60. The standard InChI is InChI=1S/C44H33N11O13S3/c1-22-14-27(7-13-33(22)48-51-38-20-36-37(21-40(38)70(63,64)65)54-55(53-36)39-19-30(69(60,61)62)10-12-32(39)44(58)59)47-49-34-15-24(3)35(16-23(34)2)50-52-42-41(71(66,67)68)18-25-17-28(6-11-31(25)43(42)57)46-45-26-4-8-29(56)9-5-26/h4-21,56-57H,1-3H3,(H,58,59)(H,60,61,62)(H,63,64,65)(H,66,67,68)/b46-45-,49-47-,51-48-,52-50-. The average Bonchev–Trinajstić information content (AvgIpc) is 3.73. The second-order valence-electron chi connectivity index (χ2n) is 15.4. The van der Waals surface area contributed by atoms with Crippen molar-refractivity contribution in [2.45, 2.75) is 35.5 Å². The smallest absolute Gasteiger partial charge is 0.337 e. The number of carbonyl (C=O) groups is 1. The van der Waals surface area contributed by atoms with Crippen molar-refractivity contribution in [1.82, 2.24) is 15.0 Å². The van der Waals surface area contributed by atoms with Crippen LogP contribution in [0.25, 0.3) is 27.5 Å². The van der Waals surface area contributed by atoms with E-state index in [0.29, 0.717) is 39.4 Å². The van der Waals surface area contributed by atoms with Crippen LogP contribution >= 0.6 is 0 Å². The second-order valence-corrected chi connectivity index (χ2v) is 19.6. The highest BCUT2D eigenvalue weighted by molar-refractivity contribution is 7.86. The summed E-state index contributed by atoms with van der Waals surface area (Å²) in [4.78, 5) is 10.5. The van der Waals surface area contributed by atoms with Gasteiger partial charge in [0.25, 0.3) is 30.4 Å². The van der Waals surface area contributed by atoms with Gasteiger partial charge in [0.05, 0.1) is 44.6 Å². The summed E-state index contributed by atoms with van der Waals surface area (Å²) in [5.74, 6) is -2.01. The van der Waals surface area contributed by atoms with Crippen LogP contribution in [0.2, 0.25) is 0 Å². The Morgan fingerprint density at radius 1 is 0.507 bits per heavy atom. The zero-order chi connectivity index (χ0) is 51.2. The molecule has 24 nitrogen and oxygen atoms in total. The Bertz CT molecular complexity index is 4010. The fourth-order valence-electron chi connectivity index (χ4n) is 6.81. The maximum Gasteiger partial charge on any atom is 0.337 e. The lowest BCUT2D eigenvalue weighted by Crippen LogP contribution is -2.10. The molecule has 0 saturated carbocycles. The normalized spacial score (nSPS) is 12.7. The summed E-state index contributed by atoms with van der Waals surface area (Å²) in [5, 5.41) is 72.3. The van der Waals surface area contributed by atoms with E-state index in [2.05, 4.69) is 51.1 Å². The summed E-state index contributed by atoms with van der Waals surface area (Å²) >= 11 is 0. The number of carboxylic acids is 1. The summed E-state index contributed by atoms with van der Waals surface area (Å²) in [5.41, 5.74) is 1.68. The summed E-state index contributed by atoms with van der Waals surface area (Å²) in [6.45, 7) is 5.05. The van der Waals surface area contributed by atoms with Gasteiger partial charge in [0.1, 0.15) is 43.6 Å². The largest absolute Gasteiger partial charge is 0.508 e. The number of aryl methyl sites for hydroxylation is 3. The van der Waals surface area contributed by atoms with Crippen LogP contribution in [0.1, 0.15) is 27.0 Å². The van der Waals surface area contributed by atoms with Gasteiger partial charge in [-0.05, 0) is 152 Å².